The molecular weight excluding hydrogens is 190 g/mol. The summed E-state index contributed by atoms with van der Waals surface area (Å²) in [6, 6.07) is 0. The quantitative estimate of drug-likeness (QED) is 0.528. The van der Waals surface area contributed by atoms with Crippen LogP contribution < -0.4 is 5.48 Å². The summed E-state index contributed by atoms with van der Waals surface area (Å²) in [4.78, 5) is 5.20. The minimum atomic E-state index is 0.166. The fourth-order valence-electron chi connectivity index (χ4n) is 0.983. The van der Waals surface area contributed by atoms with E-state index < -0.39 is 0 Å². The molecule has 0 saturated heterocycles. The van der Waals surface area contributed by atoms with Crippen molar-refractivity contribution in [2.45, 2.75) is 19.3 Å². The summed E-state index contributed by atoms with van der Waals surface area (Å²) in [7, 11) is 0. The van der Waals surface area contributed by atoms with Gasteiger partial charge < -0.3 is 9.94 Å². The van der Waals surface area contributed by atoms with E-state index in [-0.39, 0.29) is 6.61 Å². The lowest BCUT2D eigenvalue weighted by molar-refractivity contribution is 0.106. The fourth-order valence-corrected chi connectivity index (χ4v) is 1.19. The second-order valence-corrected chi connectivity index (χ2v) is 3.24. The van der Waals surface area contributed by atoms with Gasteiger partial charge >= 0.3 is 0 Å². The lowest BCUT2D eigenvalue weighted by Crippen LogP contribution is -2.17. The maximum atomic E-state index is 8.51. The van der Waals surface area contributed by atoms with E-state index >= 15 is 0 Å². The highest BCUT2D eigenvalue weighted by Crippen LogP contribution is 2.21. The second-order valence-electron chi connectivity index (χ2n) is 2.78. The Labute approximate surface area is 83.0 Å². The minimum Gasteiger partial charge on any atom is -0.408 e. The molecule has 0 amide bonds. The van der Waals surface area contributed by atoms with Crippen molar-refractivity contribution < 1.29 is 9.94 Å². The molecule has 0 fully saturated rings. The summed E-state index contributed by atoms with van der Waals surface area (Å²) in [6.45, 7) is 0.789. The van der Waals surface area contributed by atoms with E-state index in [0.29, 0.717) is 18.7 Å². The maximum Gasteiger partial charge on any atom is 0.161 e. The van der Waals surface area contributed by atoms with Gasteiger partial charge in [0.25, 0.3) is 0 Å². The second kappa shape index (κ2) is 6.02. The molecule has 4 heteroatoms. The van der Waals surface area contributed by atoms with Crippen LogP contribution in [0.4, 0.5) is 0 Å². The van der Waals surface area contributed by atoms with Gasteiger partial charge in [0.15, 0.2) is 5.76 Å². The molecule has 0 aliphatic heterocycles. The fraction of sp³-hybridized carbons (Fsp3) is 0.556. The number of rotatable bonds is 5. The smallest absolute Gasteiger partial charge is 0.161 e. The van der Waals surface area contributed by atoms with Crippen LogP contribution >= 0.6 is 11.6 Å². The number of halogens is 1. The molecule has 0 aromatic heterocycles. The summed E-state index contributed by atoms with van der Waals surface area (Å²) >= 11 is 5.91. The molecule has 74 valence electrons. The summed E-state index contributed by atoms with van der Waals surface area (Å²) in [5, 5.41) is 9.26. The number of hydroxylamine groups is 1. The Morgan fingerprint density at radius 3 is 3.15 bits per heavy atom. The van der Waals surface area contributed by atoms with Crippen molar-refractivity contribution in [1.82, 2.24) is 5.48 Å². The van der Waals surface area contributed by atoms with Crippen LogP contribution in [0.1, 0.15) is 19.3 Å². The summed E-state index contributed by atoms with van der Waals surface area (Å²) in [5.41, 5.74) is 2.73. The molecule has 1 rings (SSSR count). The largest absolute Gasteiger partial charge is 0.408 e. The van der Waals surface area contributed by atoms with Gasteiger partial charge in [0.1, 0.15) is 0 Å². The topological polar surface area (TPSA) is 41.5 Å². The van der Waals surface area contributed by atoms with Gasteiger partial charge in [-0.25, -0.2) is 0 Å². The highest BCUT2D eigenvalue weighted by Gasteiger charge is 2.06. The molecule has 0 radical (unpaired) electrons. The van der Waals surface area contributed by atoms with Gasteiger partial charge in [-0.3, -0.25) is 0 Å². The summed E-state index contributed by atoms with van der Waals surface area (Å²) in [6.07, 6.45) is 6.37. The number of nitrogens with one attached hydrogen (secondary N) is 1. The zero-order valence-corrected chi connectivity index (χ0v) is 8.18. The van der Waals surface area contributed by atoms with Crippen LogP contribution in [-0.2, 0) is 4.84 Å². The predicted octanol–water partition coefficient (Wildman–Crippen LogP) is 1.69. The Morgan fingerprint density at radius 2 is 2.46 bits per heavy atom. The van der Waals surface area contributed by atoms with Gasteiger partial charge in [-0.2, -0.15) is 5.48 Å². The summed E-state index contributed by atoms with van der Waals surface area (Å²) in [5.74, 6) is 0.686. The van der Waals surface area contributed by atoms with Crippen LogP contribution in [0.2, 0.25) is 0 Å². The first-order chi connectivity index (χ1) is 6.34. The first-order valence-corrected chi connectivity index (χ1v) is 4.78. The number of aliphatic hydroxyl groups is 1. The Bertz CT molecular complexity index is 214. The van der Waals surface area contributed by atoms with Gasteiger partial charge in [0, 0.05) is 13.2 Å². The zero-order valence-electron chi connectivity index (χ0n) is 7.42. The zero-order chi connectivity index (χ0) is 9.52. The van der Waals surface area contributed by atoms with Crippen molar-refractivity contribution >= 4 is 11.6 Å². The van der Waals surface area contributed by atoms with Crippen molar-refractivity contribution in [3.05, 3.63) is 22.9 Å². The molecule has 0 atom stereocenters. The van der Waals surface area contributed by atoms with Crippen molar-refractivity contribution in [1.29, 1.82) is 0 Å². The van der Waals surface area contributed by atoms with E-state index in [4.69, 9.17) is 21.5 Å². The van der Waals surface area contributed by atoms with Crippen molar-refractivity contribution in [2.75, 3.05) is 13.2 Å². The van der Waals surface area contributed by atoms with E-state index in [1.54, 1.807) is 0 Å². The standard InChI is InChI=1S/C9H14ClNO2/c10-8-4-1-2-5-9(8)13-11-6-3-7-12/h2,5,11-12H,1,3-4,6-7H2. The number of aliphatic hydroxyl groups excluding tert-OH is 1. The maximum absolute atomic E-state index is 8.51. The van der Waals surface area contributed by atoms with E-state index in [1.807, 2.05) is 12.2 Å². The number of hydrogen-bond acceptors (Lipinski definition) is 3. The molecule has 0 spiro atoms. The first-order valence-electron chi connectivity index (χ1n) is 4.40. The Hall–Kier alpha value is -0.510. The molecule has 13 heavy (non-hydrogen) atoms. The first kappa shape index (κ1) is 10.6. The Morgan fingerprint density at radius 1 is 1.62 bits per heavy atom. The van der Waals surface area contributed by atoms with Crippen LogP contribution in [-0.4, -0.2) is 18.3 Å². The molecule has 0 bridgehead atoms. The van der Waals surface area contributed by atoms with E-state index in [9.17, 15) is 0 Å². The van der Waals surface area contributed by atoms with Crippen LogP contribution in [0.3, 0.4) is 0 Å². The van der Waals surface area contributed by atoms with Gasteiger partial charge in [-0.15, -0.1) is 0 Å². The average Bonchev–Trinajstić information content (AvgIpc) is 2.15. The molecule has 0 unspecified atom stereocenters. The lowest BCUT2D eigenvalue weighted by atomic mass is 10.2. The molecule has 0 aromatic carbocycles. The third kappa shape index (κ3) is 3.81. The van der Waals surface area contributed by atoms with Gasteiger partial charge in [0.2, 0.25) is 0 Å². The third-order valence-electron chi connectivity index (χ3n) is 1.69. The highest BCUT2D eigenvalue weighted by molar-refractivity contribution is 6.30. The van der Waals surface area contributed by atoms with Crippen LogP contribution in [0, 0.1) is 0 Å². The average molecular weight is 204 g/mol. The predicted molar refractivity (Wildman–Crippen MR) is 52.0 cm³/mol. The monoisotopic (exact) mass is 203 g/mol. The lowest BCUT2D eigenvalue weighted by Gasteiger charge is -2.12. The third-order valence-corrected chi connectivity index (χ3v) is 2.06. The Kier molecular flexibility index (Phi) is 4.90. The molecule has 0 saturated carbocycles. The summed E-state index contributed by atoms with van der Waals surface area (Å²) < 4.78 is 0. The molecule has 2 N–H and O–H groups in total. The van der Waals surface area contributed by atoms with Gasteiger partial charge in [-0.1, -0.05) is 17.7 Å². The molecular formula is C9H14ClNO2. The molecule has 1 aliphatic rings. The highest BCUT2D eigenvalue weighted by atomic mass is 35.5. The van der Waals surface area contributed by atoms with Crippen molar-refractivity contribution in [3.8, 4) is 0 Å². The van der Waals surface area contributed by atoms with E-state index in [0.717, 1.165) is 17.9 Å². The number of hydrogen-bond donors (Lipinski definition) is 2. The van der Waals surface area contributed by atoms with Crippen molar-refractivity contribution in [2.24, 2.45) is 0 Å². The van der Waals surface area contributed by atoms with Crippen LogP contribution in [0.25, 0.3) is 0 Å². The molecule has 3 nitrogen and oxygen atoms in total. The van der Waals surface area contributed by atoms with Gasteiger partial charge in [0.05, 0.1) is 5.03 Å². The Balaban J connectivity index is 2.23. The van der Waals surface area contributed by atoms with E-state index in [2.05, 4.69) is 5.48 Å². The van der Waals surface area contributed by atoms with Crippen LogP contribution in [0.5, 0.6) is 0 Å². The minimum absolute atomic E-state index is 0.166. The normalized spacial score (nSPS) is 16.5. The molecule has 0 aromatic rings. The van der Waals surface area contributed by atoms with Crippen LogP contribution in [0.15, 0.2) is 22.9 Å². The molecule has 0 heterocycles. The SMILES string of the molecule is OCCCNOC1=C(Cl)CCC=C1. The van der Waals surface area contributed by atoms with Gasteiger partial charge in [-0.05, 0) is 25.3 Å². The van der Waals surface area contributed by atoms with E-state index in [1.165, 1.54) is 0 Å². The van der Waals surface area contributed by atoms with Crippen molar-refractivity contribution in [3.63, 3.8) is 0 Å². The number of allylic oxidation sites excluding steroid dienone is 3. The molecule has 1 aliphatic carbocycles.